The number of hydrogen-bond acceptors (Lipinski definition) is 4. The molecule has 1 aromatic heterocycles. The molecule has 2 heterocycles. The summed E-state index contributed by atoms with van der Waals surface area (Å²) in [4.78, 5) is 33.5. The first-order valence-electron chi connectivity index (χ1n) is 9.84. The quantitative estimate of drug-likeness (QED) is 0.860. The molecule has 0 atom stereocenters. The lowest BCUT2D eigenvalue weighted by molar-refractivity contribution is 0.0243. The predicted octanol–water partition coefficient (Wildman–Crippen LogP) is 3.47. The van der Waals surface area contributed by atoms with E-state index in [0.717, 1.165) is 16.9 Å². The Bertz CT molecular complexity index is 882. The molecule has 0 saturated heterocycles. The molecule has 0 bridgehead atoms. The topological polar surface area (TPSA) is 68.9 Å². The molecule has 0 radical (unpaired) electrons. The molecule has 1 aliphatic rings. The zero-order valence-electron chi connectivity index (χ0n) is 17.9. The van der Waals surface area contributed by atoms with Gasteiger partial charge in [-0.15, -0.1) is 0 Å². The van der Waals surface area contributed by atoms with E-state index in [4.69, 9.17) is 4.74 Å². The van der Waals surface area contributed by atoms with Crippen molar-refractivity contribution in [1.82, 2.24) is 14.8 Å². The third kappa shape index (κ3) is 5.10. The minimum absolute atomic E-state index is 0.0522. The number of aromatic amines is 1. The molecule has 2 aromatic rings. The molecule has 29 heavy (non-hydrogen) atoms. The average Bonchev–Trinajstić information content (AvgIpc) is 3.02. The van der Waals surface area contributed by atoms with Gasteiger partial charge >= 0.3 is 6.09 Å². The summed E-state index contributed by atoms with van der Waals surface area (Å²) in [5, 5.41) is 0. The normalized spacial score (nSPS) is 14.2. The maximum absolute atomic E-state index is 12.6. The van der Waals surface area contributed by atoms with Crippen LogP contribution in [0.3, 0.4) is 0 Å². The number of fused-ring (bicyclic) bond motifs is 1. The fraction of sp³-hybridized carbons (Fsp3) is 0.455. The van der Waals surface area contributed by atoms with Gasteiger partial charge in [-0.2, -0.15) is 0 Å². The number of carbonyl (C=O) groups excluding carboxylic acids is 2. The first kappa shape index (κ1) is 20.8. The van der Waals surface area contributed by atoms with Crippen molar-refractivity contribution in [2.75, 3.05) is 32.1 Å². The van der Waals surface area contributed by atoms with Gasteiger partial charge in [0.2, 0.25) is 0 Å². The Morgan fingerprint density at radius 3 is 2.52 bits per heavy atom. The molecule has 0 spiro atoms. The van der Waals surface area contributed by atoms with Crippen LogP contribution in [0.5, 0.6) is 0 Å². The maximum atomic E-state index is 12.6. The van der Waals surface area contributed by atoms with E-state index in [1.54, 1.807) is 23.9 Å². The molecular weight excluding hydrogens is 368 g/mol. The van der Waals surface area contributed by atoms with Gasteiger partial charge < -0.3 is 24.4 Å². The number of rotatable bonds is 3. The molecule has 7 heteroatoms. The van der Waals surface area contributed by atoms with E-state index in [2.05, 4.69) is 16.0 Å². The van der Waals surface area contributed by atoms with Crippen LogP contribution in [0.15, 0.2) is 36.4 Å². The molecule has 0 fully saturated rings. The van der Waals surface area contributed by atoms with Crippen LogP contribution in [0.25, 0.3) is 0 Å². The van der Waals surface area contributed by atoms with E-state index < -0.39 is 5.60 Å². The van der Waals surface area contributed by atoms with Gasteiger partial charge in [-0.1, -0.05) is 18.2 Å². The summed E-state index contributed by atoms with van der Waals surface area (Å²) in [5.74, 6) is -0.0522. The van der Waals surface area contributed by atoms with E-state index in [1.807, 2.05) is 51.1 Å². The molecule has 0 unspecified atom stereocenters. The maximum Gasteiger partial charge on any atom is 0.410 e. The zero-order valence-corrected chi connectivity index (χ0v) is 17.9. The second kappa shape index (κ2) is 8.19. The van der Waals surface area contributed by atoms with Crippen molar-refractivity contribution in [3.8, 4) is 0 Å². The van der Waals surface area contributed by atoms with Crippen LogP contribution in [0, 0.1) is 0 Å². The van der Waals surface area contributed by atoms with Gasteiger partial charge in [0.05, 0.1) is 13.1 Å². The lowest BCUT2D eigenvalue weighted by Crippen LogP contribution is -2.39. The Morgan fingerprint density at radius 2 is 1.83 bits per heavy atom. The van der Waals surface area contributed by atoms with Crippen LogP contribution in [-0.2, 0) is 17.8 Å². The highest BCUT2D eigenvalue weighted by Gasteiger charge is 2.27. The van der Waals surface area contributed by atoms with Gasteiger partial charge in [-0.25, -0.2) is 4.79 Å². The first-order chi connectivity index (χ1) is 13.6. The third-order valence-electron chi connectivity index (χ3n) is 4.73. The SMILES string of the molecule is CN(C)C(=O)c1ccc(CN2CCN(C(=O)OC(C)(C)C)Cc3ccccc32)[nH]1. The number of hydrogen-bond donors (Lipinski definition) is 1. The highest BCUT2D eigenvalue weighted by atomic mass is 16.6. The number of carbonyl (C=O) groups is 2. The fourth-order valence-corrected chi connectivity index (χ4v) is 3.35. The number of aromatic nitrogens is 1. The second-order valence-corrected chi connectivity index (χ2v) is 8.55. The molecular formula is C22H30N4O3. The smallest absolute Gasteiger partial charge is 0.410 e. The molecule has 2 amide bonds. The Balaban J connectivity index is 1.79. The van der Waals surface area contributed by atoms with Crippen molar-refractivity contribution in [1.29, 1.82) is 0 Å². The van der Waals surface area contributed by atoms with Crippen LogP contribution < -0.4 is 4.90 Å². The number of ether oxygens (including phenoxy) is 1. The number of para-hydroxylation sites is 1. The van der Waals surface area contributed by atoms with Crippen molar-refractivity contribution in [3.63, 3.8) is 0 Å². The van der Waals surface area contributed by atoms with Crippen molar-refractivity contribution in [3.05, 3.63) is 53.3 Å². The monoisotopic (exact) mass is 398 g/mol. The van der Waals surface area contributed by atoms with Crippen molar-refractivity contribution >= 4 is 17.7 Å². The van der Waals surface area contributed by atoms with E-state index in [0.29, 0.717) is 31.9 Å². The lowest BCUT2D eigenvalue weighted by Gasteiger charge is -2.27. The number of benzene rings is 1. The molecule has 7 nitrogen and oxygen atoms in total. The van der Waals surface area contributed by atoms with Crippen LogP contribution in [0.1, 0.15) is 42.5 Å². The Labute approximate surface area is 172 Å². The number of H-pyrrole nitrogens is 1. The second-order valence-electron chi connectivity index (χ2n) is 8.55. The highest BCUT2D eigenvalue weighted by molar-refractivity contribution is 5.92. The minimum atomic E-state index is -0.526. The summed E-state index contributed by atoms with van der Waals surface area (Å²) in [7, 11) is 3.47. The van der Waals surface area contributed by atoms with Gasteiger partial charge in [-0.05, 0) is 44.5 Å². The standard InChI is InChI=1S/C22H30N4O3/c1-22(2,3)29-21(28)26-13-12-25(19-9-7-6-8-16(19)14-26)15-17-10-11-18(23-17)20(27)24(4)5/h6-11,23H,12-15H2,1-5H3. The fourth-order valence-electron chi connectivity index (χ4n) is 3.35. The molecule has 1 aliphatic heterocycles. The summed E-state index contributed by atoms with van der Waals surface area (Å²) in [5.41, 5.74) is 3.17. The highest BCUT2D eigenvalue weighted by Crippen LogP contribution is 2.27. The van der Waals surface area contributed by atoms with Crippen LogP contribution in [-0.4, -0.2) is 59.6 Å². The lowest BCUT2D eigenvalue weighted by atomic mass is 10.1. The van der Waals surface area contributed by atoms with Crippen LogP contribution in [0.2, 0.25) is 0 Å². The summed E-state index contributed by atoms with van der Waals surface area (Å²) >= 11 is 0. The molecule has 1 N–H and O–H groups in total. The van der Waals surface area contributed by atoms with Crippen LogP contribution >= 0.6 is 0 Å². The van der Waals surface area contributed by atoms with Crippen molar-refractivity contribution in [2.45, 2.75) is 39.5 Å². The van der Waals surface area contributed by atoms with Gasteiger partial charge in [0.25, 0.3) is 5.91 Å². The first-order valence-corrected chi connectivity index (χ1v) is 9.84. The minimum Gasteiger partial charge on any atom is -0.444 e. The average molecular weight is 399 g/mol. The molecule has 156 valence electrons. The number of nitrogens with one attached hydrogen (secondary N) is 1. The van der Waals surface area contributed by atoms with Crippen LogP contribution in [0.4, 0.5) is 10.5 Å². The van der Waals surface area contributed by atoms with Gasteiger partial charge in [-0.3, -0.25) is 4.79 Å². The van der Waals surface area contributed by atoms with Gasteiger partial charge in [0.1, 0.15) is 11.3 Å². The van der Waals surface area contributed by atoms with Gasteiger partial charge in [0.15, 0.2) is 0 Å². The van der Waals surface area contributed by atoms with E-state index in [-0.39, 0.29) is 12.0 Å². The third-order valence-corrected chi connectivity index (χ3v) is 4.73. The van der Waals surface area contributed by atoms with Gasteiger partial charge in [0, 0.05) is 38.6 Å². The summed E-state index contributed by atoms with van der Waals surface area (Å²) in [6.45, 7) is 8.00. The summed E-state index contributed by atoms with van der Waals surface area (Å²) in [6.07, 6.45) is -0.298. The summed E-state index contributed by atoms with van der Waals surface area (Å²) in [6, 6.07) is 11.9. The summed E-state index contributed by atoms with van der Waals surface area (Å²) < 4.78 is 5.57. The van der Waals surface area contributed by atoms with E-state index in [1.165, 1.54) is 0 Å². The molecule has 0 aliphatic carbocycles. The molecule has 0 saturated carbocycles. The Hall–Kier alpha value is -2.96. The predicted molar refractivity (Wildman–Crippen MR) is 113 cm³/mol. The number of anilines is 1. The number of amides is 2. The van der Waals surface area contributed by atoms with E-state index in [9.17, 15) is 9.59 Å². The Kier molecular flexibility index (Phi) is 5.86. The Morgan fingerprint density at radius 1 is 1.10 bits per heavy atom. The number of nitrogens with zero attached hydrogens (tertiary/aromatic N) is 3. The largest absolute Gasteiger partial charge is 0.444 e. The zero-order chi connectivity index (χ0) is 21.2. The van der Waals surface area contributed by atoms with Crippen molar-refractivity contribution in [2.24, 2.45) is 0 Å². The molecule has 1 aromatic carbocycles. The van der Waals surface area contributed by atoms with Crippen molar-refractivity contribution < 1.29 is 14.3 Å². The molecule has 3 rings (SSSR count). The van der Waals surface area contributed by atoms with E-state index >= 15 is 0 Å².